The van der Waals surface area contributed by atoms with Crippen molar-refractivity contribution >= 4 is 73.2 Å². The van der Waals surface area contributed by atoms with Gasteiger partial charge in [-0.25, -0.2) is 9.97 Å². The van der Waals surface area contributed by atoms with E-state index in [9.17, 15) is 9.59 Å². The second-order valence-corrected chi connectivity index (χ2v) is 10.5. The number of nitrogens with zero attached hydrogens (tertiary/aromatic N) is 3. The van der Waals surface area contributed by atoms with Gasteiger partial charge in [0.25, 0.3) is 11.1 Å². The molecule has 0 bridgehead atoms. The Balaban J connectivity index is 0.000000181. The van der Waals surface area contributed by atoms with Crippen LogP contribution in [-0.4, -0.2) is 19.5 Å². The van der Waals surface area contributed by atoms with Crippen LogP contribution in [0.5, 0.6) is 0 Å². The summed E-state index contributed by atoms with van der Waals surface area (Å²) in [7, 11) is 0. The van der Waals surface area contributed by atoms with Crippen molar-refractivity contribution in [2.24, 2.45) is 0 Å². The summed E-state index contributed by atoms with van der Waals surface area (Å²) in [5.41, 5.74) is 10.4. The average Bonchev–Trinajstić information content (AvgIpc) is 3.30. The zero-order valence-electron chi connectivity index (χ0n) is 16.2. The van der Waals surface area contributed by atoms with Gasteiger partial charge in [-0.1, -0.05) is 23.2 Å². The molecule has 0 amide bonds. The van der Waals surface area contributed by atoms with Gasteiger partial charge in [-0.2, -0.15) is 0 Å². The summed E-state index contributed by atoms with van der Waals surface area (Å²) in [5, 5.41) is 1.43. The van der Waals surface area contributed by atoms with Gasteiger partial charge in [-0.05, 0) is 41.9 Å². The van der Waals surface area contributed by atoms with Crippen LogP contribution in [0.1, 0.15) is 9.75 Å². The summed E-state index contributed by atoms with van der Waals surface area (Å²) in [6.45, 7) is 3.95. The van der Waals surface area contributed by atoms with Gasteiger partial charge in [0.05, 0.1) is 21.4 Å². The number of nitrogens with two attached hydrogens (primary N) is 2. The number of aromatic nitrogens is 4. The van der Waals surface area contributed by atoms with E-state index in [4.69, 9.17) is 34.7 Å². The third-order valence-electron chi connectivity index (χ3n) is 3.32. The van der Waals surface area contributed by atoms with Crippen LogP contribution in [0.4, 0.5) is 11.4 Å². The van der Waals surface area contributed by atoms with Gasteiger partial charge < -0.3 is 16.5 Å². The molecule has 4 aromatic rings. The highest BCUT2D eigenvalue weighted by molar-refractivity contribution is 9.11. The number of anilines is 2. The Morgan fingerprint density at radius 2 is 1.61 bits per heavy atom. The van der Waals surface area contributed by atoms with Gasteiger partial charge in [-0.15, -0.1) is 22.7 Å². The summed E-state index contributed by atoms with van der Waals surface area (Å²) in [6.07, 6.45) is 6.44. The molecule has 4 heterocycles. The molecule has 0 aliphatic rings. The zero-order chi connectivity index (χ0) is 23.1. The number of nitrogens with one attached hydrogen (secondary N) is 1. The van der Waals surface area contributed by atoms with Crippen LogP contribution in [0.15, 0.2) is 50.4 Å². The average molecular weight is 564 g/mol. The molecule has 0 aliphatic carbocycles. The number of nitrogen functional groups attached to an aromatic ring is 2. The number of aromatic amines is 1. The molecule has 0 saturated heterocycles. The molecule has 0 radical (unpaired) electrons. The Labute approximate surface area is 203 Å². The maximum atomic E-state index is 11.7. The molecule has 0 spiro atoms. The quantitative estimate of drug-likeness (QED) is 0.308. The Morgan fingerprint density at radius 1 is 1.00 bits per heavy atom. The molecule has 0 atom stereocenters. The topological polar surface area (TPSA) is 133 Å². The third kappa shape index (κ3) is 7.78. The number of halogens is 3. The fourth-order valence-electron chi connectivity index (χ4n) is 1.97. The SMILES string of the molecule is Cc1cnc(-n2cc(Cl)cc(N)c2=O)s1.Cc1cnc(Br)s1.Nc1cc(Cl)c[nH]c1=O. The zero-order valence-corrected chi connectivity index (χ0v) is 21.0. The molecule has 31 heavy (non-hydrogen) atoms. The van der Waals surface area contributed by atoms with Crippen LogP contribution in [0.25, 0.3) is 5.13 Å². The van der Waals surface area contributed by atoms with Gasteiger partial charge in [0, 0.05) is 34.5 Å². The fourth-order valence-corrected chi connectivity index (χ4v) is 4.43. The normalized spacial score (nSPS) is 9.97. The minimum Gasteiger partial charge on any atom is -0.394 e. The van der Waals surface area contributed by atoms with Crippen LogP contribution < -0.4 is 22.6 Å². The van der Waals surface area contributed by atoms with E-state index in [0.29, 0.717) is 15.2 Å². The number of hydrogen-bond acceptors (Lipinski definition) is 8. The van der Waals surface area contributed by atoms with Gasteiger partial charge >= 0.3 is 0 Å². The minimum absolute atomic E-state index is 0.121. The molecule has 13 heteroatoms. The van der Waals surface area contributed by atoms with E-state index in [1.54, 1.807) is 17.5 Å². The van der Waals surface area contributed by atoms with Crippen LogP contribution in [0.2, 0.25) is 10.0 Å². The lowest BCUT2D eigenvalue weighted by molar-refractivity contribution is 0.976. The molecule has 0 saturated carbocycles. The summed E-state index contributed by atoms with van der Waals surface area (Å²) >= 11 is 17.6. The smallest absolute Gasteiger partial charge is 0.280 e. The lowest BCUT2D eigenvalue weighted by Crippen LogP contribution is -2.20. The van der Waals surface area contributed by atoms with Crippen molar-refractivity contribution in [1.29, 1.82) is 0 Å². The van der Waals surface area contributed by atoms with Crippen molar-refractivity contribution in [2.75, 3.05) is 11.5 Å². The van der Waals surface area contributed by atoms with E-state index >= 15 is 0 Å². The van der Waals surface area contributed by atoms with Crippen molar-refractivity contribution in [2.45, 2.75) is 13.8 Å². The molecule has 0 aliphatic heterocycles. The number of aryl methyl sites for hydroxylation is 2. The van der Waals surface area contributed by atoms with Gasteiger partial charge in [0.15, 0.2) is 9.05 Å². The van der Waals surface area contributed by atoms with Crippen molar-refractivity contribution < 1.29 is 0 Å². The maximum Gasteiger partial charge on any atom is 0.280 e. The molecule has 0 fully saturated rings. The second kappa shape index (κ2) is 11.4. The van der Waals surface area contributed by atoms with E-state index in [2.05, 4.69) is 30.9 Å². The lowest BCUT2D eigenvalue weighted by Gasteiger charge is -2.02. The standard InChI is InChI=1S/C9H8ClN3OS.C5H5ClN2O.C4H4BrNS/c1-5-3-12-9(15-5)13-4-6(10)2-7(11)8(13)14;6-3-1-4(7)5(9)8-2-3;1-3-2-6-4(5)7-3/h2-4H,11H2,1H3;1-2H,7H2,(H,8,9);2H,1H3. The second-order valence-electron chi connectivity index (χ2n) is 5.87. The molecule has 4 aromatic heterocycles. The summed E-state index contributed by atoms with van der Waals surface area (Å²) in [5.74, 6) is 0. The highest BCUT2D eigenvalue weighted by Crippen LogP contribution is 2.18. The monoisotopic (exact) mass is 562 g/mol. The van der Waals surface area contributed by atoms with Crippen molar-refractivity contribution in [3.05, 3.63) is 81.3 Å². The first-order chi connectivity index (χ1) is 14.6. The first kappa shape index (κ1) is 25.1. The highest BCUT2D eigenvalue weighted by atomic mass is 79.9. The fraction of sp³-hybridized carbons (Fsp3) is 0.111. The summed E-state index contributed by atoms with van der Waals surface area (Å²) in [4.78, 5) is 34.9. The molecule has 0 aromatic carbocycles. The predicted octanol–water partition coefficient (Wildman–Crippen LogP) is 4.66. The first-order valence-corrected chi connectivity index (χ1v) is 11.6. The number of hydrogen-bond donors (Lipinski definition) is 3. The Kier molecular flexibility index (Phi) is 9.26. The van der Waals surface area contributed by atoms with E-state index in [1.807, 2.05) is 20.0 Å². The van der Waals surface area contributed by atoms with Crippen LogP contribution in [0.3, 0.4) is 0 Å². The molecule has 5 N–H and O–H groups in total. The number of thiazole rings is 2. The molecular formula is C18H17BrCl2N6O2S2. The van der Waals surface area contributed by atoms with Crippen LogP contribution in [0, 0.1) is 13.8 Å². The Morgan fingerprint density at radius 3 is 2.06 bits per heavy atom. The highest BCUT2D eigenvalue weighted by Gasteiger charge is 2.07. The Bertz CT molecular complexity index is 1270. The van der Waals surface area contributed by atoms with Crippen molar-refractivity contribution in [1.82, 2.24) is 19.5 Å². The third-order valence-corrected chi connectivity index (χ3v) is 6.05. The minimum atomic E-state index is -0.306. The van der Waals surface area contributed by atoms with Crippen LogP contribution in [-0.2, 0) is 0 Å². The van der Waals surface area contributed by atoms with Crippen molar-refractivity contribution in [3.8, 4) is 5.13 Å². The van der Waals surface area contributed by atoms with E-state index < -0.39 is 0 Å². The van der Waals surface area contributed by atoms with Gasteiger partial charge in [0.1, 0.15) is 0 Å². The predicted molar refractivity (Wildman–Crippen MR) is 133 cm³/mol. The number of pyridine rings is 2. The van der Waals surface area contributed by atoms with E-state index in [0.717, 1.165) is 8.79 Å². The molecule has 164 valence electrons. The lowest BCUT2D eigenvalue weighted by atomic mass is 10.4. The molecular weight excluding hydrogens is 547 g/mol. The van der Waals surface area contributed by atoms with Crippen LogP contribution >= 0.6 is 61.8 Å². The molecule has 0 unspecified atom stereocenters. The van der Waals surface area contributed by atoms with E-state index in [1.165, 1.54) is 45.3 Å². The van der Waals surface area contributed by atoms with Crippen molar-refractivity contribution in [3.63, 3.8) is 0 Å². The van der Waals surface area contributed by atoms with Gasteiger partial charge in [-0.3, -0.25) is 14.2 Å². The van der Waals surface area contributed by atoms with Gasteiger partial charge in [0.2, 0.25) is 0 Å². The number of H-pyrrole nitrogens is 1. The first-order valence-electron chi connectivity index (χ1n) is 8.39. The van der Waals surface area contributed by atoms with E-state index in [-0.39, 0.29) is 22.5 Å². The molecule has 4 rings (SSSR count). The number of rotatable bonds is 1. The largest absolute Gasteiger partial charge is 0.394 e. The Hall–Kier alpha value is -2.18. The molecule has 8 nitrogen and oxygen atoms in total. The maximum absolute atomic E-state index is 11.7. The summed E-state index contributed by atoms with van der Waals surface area (Å²) < 4.78 is 2.32. The summed E-state index contributed by atoms with van der Waals surface area (Å²) in [6, 6.07) is 2.83.